The van der Waals surface area contributed by atoms with Crippen molar-refractivity contribution < 1.29 is 13.2 Å². The minimum atomic E-state index is -3.93. The van der Waals surface area contributed by atoms with Gasteiger partial charge in [0, 0.05) is 10.6 Å². The van der Waals surface area contributed by atoms with Crippen LogP contribution in [0.25, 0.3) is 0 Å². The summed E-state index contributed by atoms with van der Waals surface area (Å²) in [6, 6.07) is 13.0. The van der Waals surface area contributed by atoms with E-state index in [1.807, 2.05) is 27.7 Å². The molecular formula is C20H25ClN2O3S. The number of amides is 1. The second kappa shape index (κ2) is 8.31. The summed E-state index contributed by atoms with van der Waals surface area (Å²) in [5.41, 5.74) is 0.748. The van der Waals surface area contributed by atoms with Crippen molar-refractivity contribution in [2.45, 2.75) is 44.6 Å². The molecule has 0 aromatic heterocycles. The van der Waals surface area contributed by atoms with Crippen molar-refractivity contribution in [2.24, 2.45) is 0 Å². The molecular weight excluding hydrogens is 384 g/mol. The molecule has 0 saturated carbocycles. The molecule has 0 saturated heterocycles. The minimum Gasteiger partial charge on any atom is -0.350 e. The van der Waals surface area contributed by atoms with E-state index in [0.29, 0.717) is 10.7 Å². The van der Waals surface area contributed by atoms with Gasteiger partial charge in [-0.3, -0.25) is 9.10 Å². The summed E-state index contributed by atoms with van der Waals surface area (Å²) in [4.78, 5) is 12.7. The monoisotopic (exact) mass is 408 g/mol. The van der Waals surface area contributed by atoms with Crippen LogP contribution < -0.4 is 9.62 Å². The molecule has 0 aliphatic heterocycles. The number of benzene rings is 2. The molecule has 0 bridgehead atoms. The van der Waals surface area contributed by atoms with E-state index in [-0.39, 0.29) is 17.3 Å². The third kappa shape index (κ3) is 5.23. The number of rotatable bonds is 7. The Morgan fingerprint density at radius 2 is 1.78 bits per heavy atom. The molecule has 0 atom stereocenters. The fourth-order valence-electron chi connectivity index (χ4n) is 2.41. The van der Waals surface area contributed by atoms with E-state index in [0.717, 1.165) is 16.3 Å². The molecule has 7 heteroatoms. The largest absolute Gasteiger partial charge is 0.350 e. The van der Waals surface area contributed by atoms with Crippen LogP contribution in [-0.4, -0.2) is 26.4 Å². The number of aryl methyl sites for hydroxylation is 1. The number of halogens is 1. The maximum Gasteiger partial charge on any atom is 0.264 e. The van der Waals surface area contributed by atoms with Gasteiger partial charge in [0.1, 0.15) is 6.54 Å². The van der Waals surface area contributed by atoms with Crippen molar-refractivity contribution in [1.82, 2.24) is 5.32 Å². The molecule has 27 heavy (non-hydrogen) atoms. The summed E-state index contributed by atoms with van der Waals surface area (Å²) in [6.07, 6.45) is 0.723. The maximum absolute atomic E-state index is 13.2. The number of hydrogen-bond acceptors (Lipinski definition) is 3. The Bertz CT molecular complexity index is 912. The molecule has 146 valence electrons. The molecule has 0 spiro atoms. The molecule has 0 aliphatic rings. The molecule has 0 unspecified atom stereocenters. The van der Waals surface area contributed by atoms with Gasteiger partial charge in [-0.25, -0.2) is 8.42 Å². The van der Waals surface area contributed by atoms with Gasteiger partial charge in [0.05, 0.1) is 10.6 Å². The van der Waals surface area contributed by atoms with Crippen molar-refractivity contribution >= 4 is 33.2 Å². The third-order valence-electron chi connectivity index (χ3n) is 4.42. The van der Waals surface area contributed by atoms with Crippen LogP contribution >= 0.6 is 11.6 Å². The summed E-state index contributed by atoms with van der Waals surface area (Å²) in [5.74, 6) is -0.377. The highest BCUT2D eigenvalue weighted by atomic mass is 35.5. The van der Waals surface area contributed by atoms with E-state index in [1.165, 1.54) is 12.1 Å². The summed E-state index contributed by atoms with van der Waals surface area (Å²) in [6.45, 7) is 7.24. The van der Waals surface area contributed by atoms with Crippen LogP contribution in [0.3, 0.4) is 0 Å². The van der Waals surface area contributed by atoms with Gasteiger partial charge < -0.3 is 5.32 Å². The van der Waals surface area contributed by atoms with Crippen molar-refractivity contribution in [3.05, 3.63) is 59.1 Å². The Labute approximate surface area is 166 Å². The third-order valence-corrected chi connectivity index (χ3v) is 6.62. The van der Waals surface area contributed by atoms with Crippen molar-refractivity contribution in [3.8, 4) is 0 Å². The number of sulfonamides is 1. The van der Waals surface area contributed by atoms with Crippen molar-refractivity contribution in [3.63, 3.8) is 0 Å². The Balaban J connectivity index is 2.46. The lowest BCUT2D eigenvalue weighted by molar-refractivity contribution is -0.121. The predicted octanol–water partition coefficient (Wildman–Crippen LogP) is 4.15. The number of carbonyl (C=O) groups excluding carboxylic acids is 1. The average molecular weight is 409 g/mol. The lowest BCUT2D eigenvalue weighted by atomic mass is 10.0. The first kappa shape index (κ1) is 21.3. The summed E-state index contributed by atoms with van der Waals surface area (Å²) < 4.78 is 27.5. The van der Waals surface area contributed by atoms with Crippen LogP contribution in [0.2, 0.25) is 5.02 Å². The molecule has 1 N–H and O–H groups in total. The van der Waals surface area contributed by atoms with E-state index in [1.54, 1.807) is 36.4 Å². The highest BCUT2D eigenvalue weighted by Gasteiger charge is 2.29. The second-order valence-electron chi connectivity index (χ2n) is 7.04. The van der Waals surface area contributed by atoms with Gasteiger partial charge in [-0.15, -0.1) is 0 Å². The van der Waals surface area contributed by atoms with Gasteiger partial charge >= 0.3 is 0 Å². The van der Waals surface area contributed by atoms with Gasteiger partial charge in [0.15, 0.2) is 0 Å². The van der Waals surface area contributed by atoms with Gasteiger partial charge in [-0.1, -0.05) is 42.8 Å². The van der Waals surface area contributed by atoms with Gasteiger partial charge in [0.2, 0.25) is 5.91 Å². The van der Waals surface area contributed by atoms with Crippen LogP contribution in [0.5, 0.6) is 0 Å². The Morgan fingerprint density at radius 1 is 1.15 bits per heavy atom. The predicted molar refractivity (Wildman–Crippen MR) is 110 cm³/mol. The van der Waals surface area contributed by atoms with Gasteiger partial charge in [-0.05, 0) is 57.0 Å². The summed E-state index contributed by atoms with van der Waals surface area (Å²) in [5, 5.41) is 3.32. The SMILES string of the molecule is CCC(C)(C)NC(=O)CN(c1ccc(C)c(Cl)c1)S(=O)(=O)c1ccccc1. The Kier molecular flexibility index (Phi) is 6.54. The summed E-state index contributed by atoms with van der Waals surface area (Å²) in [7, 11) is -3.93. The fraction of sp³-hybridized carbons (Fsp3) is 0.350. The zero-order valence-corrected chi connectivity index (χ0v) is 17.6. The highest BCUT2D eigenvalue weighted by Crippen LogP contribution is 2.28. The van der Waals surface area contributed by atoms with E-state index >= 15 is 0 Å². The average Bonchev–Trinajstić information content (AvgIpc) is 2.62. The number of anilines is 1. The zero-order chi connectivity index (χ0) is 20.2. The molecule has 0 fully saturated rings. The van der Waals surface area contributed by atoms with Crippen LogP contribution in [0.4, 0.5) is 5.69 Å². The van der Waals surface area contributed by atoms with E-state index in [2.05, 4.69) is 5.32 Å². The van der Waals surface area contributed by atoms with Crippen molar-refractivity contribution in [2.75, 3.05) is 10.8 Å². The van der Waals surface area contributed by atoms with Gasteiger partial charge in [0.25, 0.3) is 10.0 Å². The normalized spacial score (nSPS) is 11.9. The molecule has 1 amide bonds. The number of hydrogen-bond donors (Lipinski definition) is 1. The van der Waals surface area contributed by atoms with Crippen molar-refractivity contribution in [1.29, 1.82) is 0 Å². The van der Waals surface area contributed by atoms with E-state index < -0.39 is 15.6 Å². The molecule has 5 nitrogen and oxygen atoms in total. The highest BCUT2D eigenvalue weighted by molar-refractivity contribution is 7.92. The van der Waals surface area contributed by atoms with Gasteiger partial charge in [-0.2, -0.15) is 0 Å². The lowest BCUT2D eigenvalue weighted by Gasteiger charge is -2.28. The Hall–Kier alpha value is -2.05. The maximum atomic E-state index is 13.2. The zero-order valence-electron chi connectivity index (χ0n) is 16.0. The minimum absolute atomic E-state index is 0.115. The molecule has 0 heterocycles. The van der Waals surface area contributed by atoms with Crippen LogP contribution in [0.15, 0.2) is 53.4 Å². The number of carbonyl (C=O) groups is 1. The number of nitrogens with one attached hydrogen (secondary N) is 1. The standard InChI is InChI=1S/C20H25ClN2O3S/c1-5-20(3,4)22-19(24)14-23(16-12-11-15(2)18(21)13-16)27(25,26)17-9-7-6-8-10-17/h6-13H,5,14H2,1-4H3,(H,22,24). The molecule has 0 radical (unpaired) electrons. The van der Waals surface area contributed by atoms with E-state index in [9.17, 15) is 13.2 Å². The Morgan fingerprint density at radius 3 is 2.33 bits per heavy atom. The lowest BCUT2D eigenvalue weighted by Crippen LogP contribution is -2.48. The molecule has 2 rings (SSSR count). The molecule has 2 aromatic carbocycles. The van der Waals surface area contributed by atoms with E-state index in [4.69, 9.17) is 11.6 Å². The van der Waals surface area contributed by atoms with Crippen LogP contribution in [-0.2, 0) is 14.8 Å². The first-order valence-corrected chi connectivity index (χ1v) is 10.5. The number of nitrogens with zero attached hydrogens (tertiary/aromatic N) is 1. The molecule has 0 aliphatic carbocycles. The summed E-state index contributed by atoms with van der Waals surface area (Å²) >= 11 is 6.20. The van der Waals surface area contributed by atoms with Crippen LogP contribution in [0, 0.1) is 6.92 Å². The molecule has 2 aromatic rings. The first-order valence-electron chi connectivity index (χ1n) is 8.72. The quantitative estimate of drug-likeness (QED) is 0.748. The first-order chi connectivity index (χ1) is 12.6. The topological polar surface area (TPSA) is 66.5 Å². The second-order valence-corrected chi connectivity index (χ2v) is 9.31. The smallest absolute Gasteiger partial charge is 0.264 e. The van der Waals surface area contributed by atoms with Crippen LogP contribution in [0.1, 0.15) is 32.8 Å². The fourth-order valence-corrected chi connectivity index (χ4v) is 4.02.